The van der Waals surface area contributed by atoms with Crippen LogP contribution in [-0.4, -0.2) is 52.8 Å². The topological polar surface area (TPSA) is 53.6 Å². The van der Waals surface area contributed by atoms with Crippen LogP contribution in [0.1, 0.15) is 72.3 Å². The quantitative estimate of drug-likeness (QED) is 0.459. The molecule has 36 heavy (non-hydrogen) atoms. The van der Waals surface area contributed by atoms with E-state index in [1.165, 1.54) is 0 Å². The van der Waals surface area contributed by atoms with Crippen LogP contribution in [0.5, 0.6) is 0 Å². The van der Waals surface area contributed by atoms with Crippen molar-refractivity contribution in [3.05, 3.63) is 40.8 Å². The van der Waals surface area contributed by atoms with Gasteiger partial charge in [-0.2, -0.15) is 13.2 Å². The summed E-state index contributed by atoms with van der Waals surface area (Å²) in [6.45, 7) is 10.9. The van der Waals surface area contributed by atoms with Crippen molar-refractivity contribution >= 4 is 23.6 Å². The lowest BCUT2D eigenvalue weighted by molar-refractivity contribution is -0.0830. The van der Waals surface area contributed by atoms with Crippen LogP contribution in [-0.2, 0) is 4.74 Å². The molecule has 1 unspecified atom stereocenters. The van der Waals surface area contributed by atoms with Gasteiger partial charge in [-0.15, -0.1) is 0 Å². The predicted octanol–water partition coefficient (Wildman–Crippen LogP) is 6.52. The number of hydrogen-bond donors (Lipinski definition) is 2. The summed E-state index contributed by atoms with van der Waals surface area (Å²) >= 11 is 0.812. The molecule has 1 saturated carbocycles. The number of alkyl halides is 3. The molecule has 200 valence electrons. The summed E-state index contributed by atoms with van der Waals surface area (Å²) in [6, 6.07) is 8.55. The van der Waals surface area contributed by atoms with E-state index in [1.807, 2.05) is 25.7 Å². The minimum Gasteiger partial charge on any atom is -0.444 e. The van der Waals surface area contributed by atoms with Gasteiger partial charge in [0.15, 0.2) is 0 Å². The van der Waals surface area contributed by atoms with Crippen LogP contribution in [0.3, 0.4) is 0 Å². The molecule has 1 aromatic carbocycles. The van der Waals surface area contributed by atoms with E-state index in [9.17, 15) is 18.0 Å². The highest BCUT2D eigenvalue weighted by molar-refractivity contribution is 8.04. The smallest absolute Gasteiger partial charge is 0.424 e. The third-order valence-corrected chi connectivity index (χ3v) is 9.18. The van der Waals surface area contributed by atoms with Crippen molar-refractivity contribution in [1.82, 2.24) is 15.5 Å². The zero-order valence-electron chi connectivity index (χ0n) is 21.8. The van der Waals surface area contributed by atoms with E-state index in [-0.39, 0.29) is 28.8 Å². The Kier molecular flexibility index (Phi) is 7.38. The number of hydrogen-bond acceptors (Lipinski definition) is 5. The van der Waals surface area contributed by atoms with Gasteiger partial charge in [-0.3, -0.25) is 4.90 Å². The van der Waals surface area contributed by atoms with Crippen molar-refractivity contribution in [1.29, 1.82) is 0 Å². The molecule has 9 heteroatoms. The predicted molar refractivity (Wildman–Crippen MR) is 138 cm³/mol. The second-order valence-corrected chi connectivity index (χ2v) is 12.9. The molecule has 2 fully saturated rings. The number of carbonyl (C=O) groups excluding carboxylic acids is 1. The number of amides is 1. The molecule has 2 N–H and O–H groups in total. The van der Waals surface area contributed by atoms with Crippen LogP contribution in [0, 0.1) is 5.41 Å². The number of carbonyl (C=O) groups is 1. The zero-order chi connectivity index (χ0) is 26.4. The Morgan fingerprint density at radius 2 is 1.81 bits per heavy atom. The van der Waals surface area contributed by atoms with Crippen molar-refractivity contribution in [2.24, 2.45) is 5.41 Å². The number of benzene rings is 1. The summed E-state index contributed by atoms with van der Waals surface area (Å²) in [5.41, 5.74) is -0.262. The maximum absolute atomic E-state index is 13.8. The molecule has 3 aliphatic rings. The second kappa shape index (κ2) is 9.78. The molecule has 4 rings (SSSR count). The average molecular weight is 526 g/mol. The normalized spacial score (nSPS) is 30.8. The Bertz CT molecular complexity index is 994. The van der Waals surface area contributed by atoms with Gasteiger partial charge >= 0.3 is 12.3 Å². The first-order valence-corrected chi connectivity index (χ1v) is 13.6. The summed E-state index contributed by atoms with van der Waals surface area (Å²) < 4.78 is 47.1. The van der Waals surface area contributed by atoms with Gasteiger partial charge in [-0.05, 0) is 57.9 Å². The van der Waals surface area contributed by atoms with Crippen LogP contribution >= 0.6 is 11.8 Å². The first-order valence-electron chi connectivity index (χ1n) is 12.8. The molecule has 2 aliphatic heterocycles. The summed E-state index contributed by atoms with van der Waals surface area (Å²) in [5, 5.41) is 6.00. The molecule has 1 aliphatic carbocycles. The number of fused-ring (bicyclic) bond motifs is 1. The Balaban J connectivity index is 1.45. The molecule has 1 saturated heterocycles. The van der Waals surface area contributed by atoms with Gasteiger partial charge in [0.1, 0.15) is 10.5 Å². The van der Waals surface area contributed by atoms with Crippen molar-refractivity contribution in [3.8, 4) is 0 Å². The molecule has 1 amide bonds. The summed E-state index contributed by atoms with van der Waals surface area (Å²) in [5.74, 6) is 0. The second-order valence-electron chi connectivity index (χ2n) is 11.7. The van der Waals surface area contributed by atoms with Gasteiger partial charge in [-0.25, -0.2) is 4.79 Å². The maximum Gasteiger partial charge on any atom is 0.424 e. The summed E-state index contributed by atoms with van der Waals surface area (Å²) in [7, 11) is 0. The first-order chi connectivity index (χ1) is 16.7. The first kappa shape index (κ1) is 27.2. The number of allylic oxidation sites excluding steroid dienone is 1. The summed E-state index contributed by atoms with van der Waals surface area (Å²) in [6.07, 6.45) is 0.325. The van der Waals surface area contributed by atoms with Crippen molar-refractivity contribution in [2.75, 3.05) is 13.1 Å². The molecule has 5 nitrogen and oxygen atoms in total. The van der Waals surface area contributed by atoms with E-state index in [0.717, 1.165) is 43.9 Å². The minimum atomic E-state index is -4.42. The highest BCUT2D eigenvalue weighted by Crippen LogP contribution is 2.56. The molecule has 0 aromatic heterocycles. The molecular formula is C27H38F3N3O2S. The van der Waals surface area contributed by atoms with Crippen molar-refractivity contribution in [3.63, 3.8) is 0 Å². The number of ether oxygens (including phenoxy) is 1. The minimum absolute atomic E-state index is 0.0135. The summed E-state index contributed by atoms with van der Waals surface area (Å²) in [4.78, 5) is 14.7. The van der Waals surface area contributed by atoms with Gasteiger partial charge in [0.2, 0.25) is 0 Å². The number of likely N-dealkylation sites (tertiary alicyclic amines) is 1. The van der Waals surface area contributed by atoms with Gasteiger partial charge in [-0.1, -0.05) is 61.9 Å². The monoisotopic (exact) mass is 525 g/mol. The van der Waals surface area contributed by atoms with Gasteiger partial charge < -0.3 is 15.4 Å². The van der Waals surface area contributed by atoms with E-state index < -0.39 is 22.1 Å². The zero-order valence-corrected chi connectivity index (χ0v) is 22.6. The molecule has 0 spiro atoms. The molecule has 4 atom stereocenters. The Hall–Kier alpha value is -1.87. The average Bonchev–Trinajstić information content (AvgIpc) is 3.30. The fraction of sp³-hybridized carbons (Fsp3) is 0.667. The van der Waals surface area contributed by atoms with Crippen molar-refractivity contribution < 1.29 is 22.7 Å². The van der Waals surface area contributed by atoms with Crippen LogP contribution in [0.4, 0.5) is 18.0 Å². The van der Waals surface area contributed by atoms with Crippen molar-refractivity contribution in [2.45, 2.75) is 95.5 Å². The molecule has 1 aromatic rings. The number of halogens is 3. The molecule has 2 heterocycles. The lowest BCUT2D eigenvalue weighted by atomic mass is 9.63. The lowest BCUT2D eigenvalue weighted by Crippen LogP contribution is -2.57. The fourth-order valence-electron chi connectivity index (χ4n) is 6.09. The van der Waals surface area contributed by atoms with Gasteiger partial charge in [0, 0.05) is 24.7 Å². The maximum atomic E-state index is 13.8. The van der Waals surface area contributed by atoms with Crippen LogP contribution in [0.2, 0.25) is 0 Å². The number of thioether (sulfide) groups is 1. The Morgan fingerprint density at radius 3 is 2.44 bits per heavy atom. The van der Waals surface area contributed by atoms with E-state index in [1.54, 1.807) is 30.3 Å². The Labute approximate surface area is 216 Å². The standard InChI is InChI=1S/C27H38F3N3O2S/c1-24(2,3)35-23(34)33-19(15-25(4)13-9-10-14-26(25,33)5)16-31-17-20-32-21(18-11-7-6-8-12-18)22(36-20)27(28,29)30/h6-8,11-12,19-20,31-32H,9-10,13-17H2,1-5H3/t19-,20?,25-,26-/m0/s1. The van der Waals surface area contributed by atoms with Gasteiger partial charge in [0.25, 0.3) is 0 Å². The van der Waals surface area contributed by atoms with E-state index in [0.29, 0.717) is 18.7 Å². The van der Waals surface area contributed by atoms with Crippen LogP contribution in [0.15, 0.2) is 35.2 Å². The third kappa shape index (κ3) is 5.37. The molecular weight excluding hydrogens is 487 g/mol. The van der Waals surface area contributed by atoms with Crippen LogP contribution < -0.4 is 10.6 Å². The largest absolute Gasteiger partial charge is 0.444 e. The molecule has 0 radical (unpaired) electrons. The highest BCUT2D eigenvalue weighted by atomic mass is 32.2. The van der Waals surface area contributed by atoms with E-state index in [2.05, 4.69) is 24.5 Å². The highest BCUT2D eigenvalue weighted by Gasteiger charge is 2.60. The number of rotatable bonds is 5. The van der Waals surface area contributed by atoms with E-state index in [4.69, 9.17) is 4.74 Å². The number of nitrogens with zero attached hydrogens (tertiary/aromatic N) is 1. The lowest BCUT2D eigenvalue weighted by Gasteiger charge is -2.49. The Morgan fingerprint density at radius 1 is 1.14 bits per heavy atom. The fourth-order valence-corrected chi connectivity index (χ4v) is 7.18. The number of nitrogens with one attached hydrogen (secondary N) is 2. The van der Waals surface area contributed by atoms with Crippen LogP contribution in [0.25, 0.3) is 5.70 Å². The molecule has 0 bridgehead atoms. The van der Waals surface area contributed by atoms with E-state index >= 15 is 0 Å². The van der Waals surface area contributed by atoms with Gasteiger partial charge in [0.05, 0.1) is 11.1 Å². The SMILES string of the molecule is CC(C)(C)OC(=O)N1[C@H](CNCC2NC(c3ccccc3)=C(C(F)(F)F)S2)C[C@]2(C)CCCC[C@]12C. The third-order valence-electron chi connectivity index (χ3n) is 7.94.